The minimum absolute atomic E-state index is 0.00672. The minimum atomic E-state index is -0.584. The van der Waals surface area contributed by atoms with E-state index in [9.17, 15) is 9.59 Å². The molecule has 5 nitrogen and oxygen atoms in total. The van der Waals surface area contributed by atoms with Gasteiger partial charge in [0.25, 0.3) is 0 Å². The van der Waals surface area contributed by atoms with Crippen LogP contribution in [-0.4, -0.2) is 24.6 Å². The van der Waals surface area contributed by atoms with Gasteiger partial charge in [0, 0.05) is 4.88 Å². The fraction of sp³-hybridized carbons (Fsp3) is 0.538. The van der Waals surface area contributed by atoms with Crippen LogP contribution in [-0.2, 0) is 16.1 Å². The smallest absolute Gasteiger partial charge is 0.407 e. The summed E-state index contributed by atoms with van der Waals surface area (Å²) in [4.78, 5) is 24.5. The monoisotopic (exact) mass is 284 g/mol. The first kappa shape index (κ1) is 15.5. The Hall–Kier alpha value is -1.56. The lowest BCUT2D eigenvalue weighted by Crippen LogP contribution is -2.49. The molecule has 106 valence electrons. The molecular weight excluding hydrogens is 264 g/mol. The van der Waals surface area contributed by atoms with E-state index >= 15 is 0 Å². The van der Waals surface area contributed by atoms with Crippen molar-refractivity contribution >= 4 is 23.3 Å². The van der Waals surface area contributed by atoms with Crippen LogP contribution in [0.25, 0.3) is 0 Å². The molecule has 0 fully saturated rings. The fourth-order valence-electron chi connectivity index (χ4n) is 1.53. The van der Waals surface area contributed by atoms with E-state index < -0.39 is 12.1 Å². The van der Waals surface area contributed by atoms with E-state index in [0.717, 1.165) is 4.88 Å². The van der Waals surface area contributed by atoms with Crippen molar-refractivity contribution in [2.45, 2.75) is 33.4 Å². The molecule has 0 aromatic carbocycles. The maximum atomic E-state index is 12.0. The van der Waals surface area contributed by atoms with Gasteiger partial charge in [-0.05, 0) is 24.3 Å². The normalized spacial score (nSPS) is 12.0. The number of nitrogens with one attached hydrogen (secondary N) is 2. The van der Waals surface area contributed by atoms with E-state index in [0.29, 0.717) is 6.54 Å². The Bertz CT molecular complexity index is 404. The van der Waals surface area contributed by atoms with Crippen LogP contribution >= 0.6 is 11.3 Å². The summed E-state index contributed by atoms with van der Waals surface area (Å²) in [5.74, 6) is -0.204. The molecule has 0 unspecified atom stereocenters. The maximum Gasteiger partial charge on any atom is 0.407 e. The Morgan fingerprint density at radius 3 is 2.68 bits per heavy atom. The number of rotatable bonds is 6. The molecule has 2 N–H and O–H groups in total. The number of hydrogen-bond acceptors (Lipinski definition) is 4. The van der Waals surface area contributed by atoms with Gasteiger partial charge in [0.1, 0.15) is 6.04 Å². The van der Waals surface area contributed by atoms with Gasteiger partial charge in [0.2, 0.25) is 5.91 Å². The van der Waals surface area contributed by atoms with Crippen molar-refractivity contribution in [1.29, 1.82) is 0 Å². The Morgan fingerprint density at radius 2 is 2.16 bits per heavy atom. The highest BCUT2D eigenvalue weighted by molar-refractivity contribution is 7.09. The fourth-order valence-corrected chi connectivity index (χ4v) is 2.18. The van der Waals surface area contributed by atoms with Crippen LogP contribution in [0.3, 0.4) is 0 Å². The number of carbonyl (C=O) groups is 2. The lowest BCUT2D eigenvalue weighted by molar-refractivity contribution is -0.124. The molecule has 0 bridgehead atoms. The molecule has 1 atom stereocenters. The number of alkyl carbamates (subject to hydrolysis) is 1. The van der Waals surface area contributed by atoms with E-state index in [1.54, 1.807) is 18.3 Å². The SMILES string of the molecule is CCOC(=O)N[C@@H](C(=O)NCc1cccs1)C(C)C. The molecule has 0 aliphatic rings. The first-order valence-corrected chi connectivity index (χ1v) is 7.16. The first-order valence-electron chi connectivity index (χ1n) is 6.28. The van der Waals surface area contributed by atoms with Crippen molar-refractivity contribution in [3.8, 4) is 0 Å². The third kappa shape index (κ3) is 5.30. The van der Waals surface area contributed by atoms with E-state index in [-0.39, 0.29) is 18.4 Å². The highest BCUT2D eigenvalue weighted by atomic mass is 32.1. The largest absolute Gasteiger partial charge is 0.450 e. The highest BCUT2D eigenvalue weighted by Crippen LogP contribution is 2.08. The number of amides is 2. The average molecular weight is 284 g/mol. The molecular formula is C13H20N2O3S. The van der Waals surface area contributed by atoms with E-state index in [4.69, 9.17) is 4.74 Å². The minimum Gasteiger partial charge on any atom is -0.450 e. The maximum absolute atomic E-state index is 12.0. The summed E-state index contributed by atoms with van der Waals surface area (Å²) >= 11 is 1.58. The molecule has 0 saturated carbocycles. The number of ether oxygens (including phenoxy) is 1. The lowest BCUT2D eigenvalue weighted by Gasteiger charge is -2.21. The topological polar surface area (TPSA) is 67.4 Å². The van der Waals surface area contributed by atoms with Crippen LogP contribution in [0.1, 0.15) is 25.6 Å². The molecule has 1 heterocycles. The van der Waals surface area contributed by atoms with Gasteiger partial charge in [-0.25, -0.2) is 4.79 Å². The predicted octanol–water partition coefficient (Wildman–Crippen LogP) is 2.13. The molecule has 0 spiro atoms. The molecule has 2 amide bonds. The number of thiophene rings is 1. The van der Waals surface area contributed by atoms with Crippen LogP contribution < -0.4 is 10.6 Å². The third-order valence-electron chi connectivity index (χ3n) is 2.51. The second-order valence-electron chi connectivity index (χ2n) is 4.38. The zero-order valence-corrected chi connectivity index (χ0v) is 12.3. The summed E-state index contributed by atoms with van der Waals surface area (Å²) < 4.78 is 4.80. The van der Waals surface area contributed by atoms with Crippen LogP contribution in [0.2, 0.25) is 0 Å². The van der Waals surface area contributed by atoms with Crippen molar-refractivity contribution in [3.05, 3.63) is 22.4 Å². The molecule has 1 rings (SSSR count). The second-order valence-corrected chi connectivity index (χ2v) is 5.42. The van der Waals surface area contributed by atoms with Crippen molar-refractivity contribution in [1.82, 2.24) is 10.6 Å². The molecule has 0 radical (unpaired) electrons. The van der Waals surface area contributed by atoms with Crippen LogP contribution in [0, 0.1) is 5.92 Å². The second kappa shape index (κ2) is 7.78. The van der Waals surface area contributed by atoms with Crippen LogP contribution in [0.5, 0.6) is 0 Å². The summed E-state index contributed by atoms with van der Waals surface area (Å²) in [6, 6.07) is 3.30. The molecule has 0 aliphatic heterocycles. The quantitative estimate of drug-likeness (QED) is 0.841. The van der Waals surface area contributed by atoms with Crippen LogP contribution in [0.15, 0.2) is 17.5 Å². The van der Waals surface area contributed by atoms with Gasteiger partial charge >= 0.3 is 6.09 Å². The molecule has 6 heteroatoms. The summed E-state index contributed by atoms with van der Waals surface area (Å²) in [5.41, 5.74) is 0. The standard InChI is InChI=1S/C13H20N2O3S/c1-4-18-13(17)15-11(9(2)3)12(16)14-8-10-6-5-7-19-10/h5-7,9,11H,4,8H2,1-3H3,(H,14,16)(H,15,17)/t11-/m1/s1. The van der Waals surface area contributed by atoms with Gasteiger partial charge < -0.3 is 15.4 Å². The van der Waals surface area contributed by atoms with Gasteiger partial charge in [0.15, 0.2) is 0 Å². The molecule has 1 aromatic heterocycles. The van der Waals surface area contributed by atoms with Crippen molar-refractivity contribution in [2.24, 2.45) is 5.92 Å². The van der Waals surface area contributed by atoms with Gasteiger partial charge in [-0.2, -0.15) is 0 Å². The molecule has 0 saturated heterocycles. The van der Waals surface area contributed by atoms with E-state index in [1.807, 2.05) is 31.4 Å². The van der Waals surface area contributed by atoms with Gasteiger partial charge in [0.05, 0.1) is 13.2 Å². The summed E-state index contributed by atoms with van der Waals surface area (Å²) in [5, 5.41) is 7.35. The predicted molar refractivity (Wildman–Crippen MR) is 74.9 cm³/mol. The Balaban J connectivity index is 2.50. The summed E-state index contributed by atoms with van der Waals surface area (Å²) in [6.07, 6.45) is -0.563. The van der Waals surface area contributed by atoms with Gasteiger partial charge in [-0.1, -0.05) is 19.9 Å². The van der Waals surface area contributed by atoms with Crippen molar-refractivity contribution < 1.29 is 14.3 Å². The zero-order valence-electron chi connectivity index (χ0n) is 11.4. The summed E-state index contributed by atoms with van der Waals surface area (Å²) in [7, 11) is 0. The Morgan fingerprint density at radius 1 is 1.42 bits per heavy atom. The van der Waals surface area contributed by atoms with Crippen LogP contribution in [0.4, 0.5) is 4.79 Å². The molecule has 1 aromatic rings. The van der Waals surface area contributed by atoms with Crippen molar-refractivity contribution in [3.63, 3.8) is 0 Å². The van der Waals surface area contributed by atoms with Gasteiger partial charge in [-0.3, -0.25) is 4.79 Å². The van der Waals surface area contributed by atoms with E-state index in [1.165, 1.54) is 0 Å². The first-order chi connectivity index (χ1) is 9.04. The third-order valence-corrected chi connectivity index (χ3v) is 3.39. The Kier molecular flexibility index (Phi) is 6.35. The lowest BCUT2D eigenvalue weighted by atomic mass is 10.0. The van der Waals surface area contributed by atoms with Crippen molar-refractivity contribution in [2.75, 3.05) is 6.61 Å². The molecule has 0 aliphatic carbocycles. The Labute approximate surface area is 117 Å². The van der Waals surface area contributed by atoms with E-state index in [2.05, 4.69) is 10.6 Å². The molecule has 19 heavy (non-hydrogen) atoms. The average Bonchev–Trinajstić information content (AvgIpc) is 2.86. The highest BCUT2D eigenvalue weighted by Gasteiger charge is 2.24. The number of hydrogen-bond donors (Lipinski definition) is 2. The summed E-state index contributed by atoms with van der Waals surface area (Å²) in [6.45, 7) is 6.24. The zero-order chi connectivity index (χ0) is 14.3. The van der Waals surface area contributed by atoms with Gasteiger partial charge in [-0.15, -0.1) is 11.3 Å². The number of carbonyl (C=O) groups excluding carboxylic acids is 2.